The summed E-state index contributed by atoms with van der Waals surface area (Å²) in [5, 5.41) is 9.51. The summed E-state index contributed by atoms with van der Waals surface area (Å²) in [4.78, 5) is 4.10. The molecule has 2 rings (SSSR count). The van der Waals surface area contributed by atoms with Gasteiger partial charge in [0.15, 0.2) is 0 Å². The maximum Gasteiger partial charge on any atom is 0.143 e. The van der Waals surface area contributed by atoms with Crippen LogP contribution in [0.15, 0.2) is 30.6 Å². The molecular formula is C9H11N3O. The van der Waals surface area contributed by atoms with Crippen molar-refractivity contribution in [3.63, 3.8) is 0 Å². The molecule has 3 N–H and O–H groups in total. The Kier molecular flexibility index (Phi) is 2.00. The van der Waals surface area contributed by atoms with Crippen molar-refractivity contribution in [3.05, 3.63) is 36.4 Å². The van der Waals surface area contributed by atoms with Gasteiger partial charge < -0.3 is 15.2 Å². The first-order valence-corrected chi connectivity index (χ1v) is 4.13. The number of rotatable bonds is 2. The number of aliphatic hydroxyl groups is 1. The summed E-state index contributed by atoms with van der Waals surface area (Å²) in [7, 11) is 0. The van der Waals surface area contributed by atoms with Gasteiger partial charge in [0.2, 0.25) is 0 Å². The van der Waals surface area contributed by atoms with Crippen LogP contribution in [-0.4, -0.2) is 21.0 Å². The number of hydrogen-bond acceptors (Lipinski definition) is 3. The Balaban J connectivity index is 2.57. The van der Waals surface area contributed by atoms with E-state index in [1.54, 1.807) is 6.20 Å². The van der Waals surface area contributed by atoms with Gasteiger partial charge in [-0.05, 0) is 12.1 Å². The predicted octanol–water partition coefficient (Wildman–Crippen LogP) is 0.326. The van der Waals surface area contributed by atoms with Crippen LogP contribution in [0.25, 0.3) is 5.52 Å². The standard InChI is InChI=1S/C9H11N3O/c10-5-8(13)9-11-6-7-3-1-2-4-12(7)9/h1-4,6,8,13H,5,10H2. The fraction of sp³-hybridized carbons (Fsp3) is 0.222. The van der Waals surface area contributed by atoms with Crippen LogP contribution in [0.1, 0.15) is 11.9 Å². The van der Waals surface area contributed by atoms with Crippen LogP contribution >= 0.6 is 0 Å². The number of aromatic nitrogens is 2. The van der Waals surface area contributed by atoms with Crippen molar-refractivity contribution in [2.75, 3.05) is 6.54 Å². The highest BCUT2D eigenvalue weighted by atomic mass is 16.3. The van der Waals surface area contributed by atoms with E-state index in [4.69, 9.17) is 5.73 Å². The lowest BCUT2D eigenvalue weighted by Gasteiger charge is -2.05. The van der Waals surface area contributed by atoms with Gasteiger partial charge in [0.05, 0.1) is 11.7 Å². The third kappa shape index (κ3) is 1.30. The zero-order chi connectivity index (χ0) is 9.26. The molecule has 0 radical (unpaired) electrons. The Labute approximate surface area is 75.6 Å². The van der Waals surface area contributed by atoms with Gasteiger partial charge in [-0.3, -0.25) is 0 Å². The molecule has 13 heavy (non-hydrogen) atoms. The molecule has 2 heterocycles. The van der Waals surface area contributed by atoms with Crippen LogP contribution in [0.5, 0.6) is 0 Å². The predicted molar refractivity (Wildman–Crippen MR) is 49.2 cm³/mol. The van der Waals surface area contributed by atoms with Crippen LogP contribution in [-0.2, 0) is 0 Å². The average Bonchev–Trinajstić information content (AvgIpc) is 2.60. The largest absolute Gasteiger partial charge is 0.384 e. The maximum absolute atomic E-state index is 9.51. The molecule has 1 unspecified atom stereocenters. The molecule has 2 aromatic rings. The minimum absolute atomic E-state index is 0.188. The van der Waals surface area contributed by atoms with Crippen LogP contribution in [0, 0.1) is 0 Å². The molecule has 0 amide bonds. The van der Waals surface area contributed by atoms with Crippen LogP contribution in [0.2, 0.25) is 0 Å². The van der Waals surface area contributed by atoms with Gasteiger partial charge >= 0.3 is 0 Å². The molecule has 0 bridgehead atoms. The molecular weight excluding hydrogens is 166 g/mol. The van der Waals surface area contributed by atoms with E-state index in [9.17, 15) is 5.11 Å². The van der Waals surface area contributed by atoms with Gasteiger partial charge in [-0.1, -0.05) is 6.07 Å². The number of imidazole rings is 1. The summed E-state index contributed by atoms with van der Waals surface area (Å²) < 4.78 is 1.83. The number of fused-ring (bicyclic) bond motifs is 1. The molecule has 0 fully saturated rings. The Morgan fingerprint density at radius 3 is 3.15 bits per heavy atom. The molecule has 0 saturated carbocycles. The minimum atomic E-state index is -0.690. The second-order valence-electron chi connectivity index (χ2n) is 2.86. The topological polar surface area (TPSA) is 63.5 Å². The molecule has 1 atom stereocenters. The first-order valence-electron chi connectivity index (χ1n) is 4.13. The first-order chi connectivity index (χ1) is 6.33. The van der Waals surface area contributed by atoms with E-state index in [0.717, 1.165) is 5.52 Å². The molecule has 4 nitrogen and oxygen atoms in total. The van der Waals surface area contributed by atoms with E-state index in [1.807, 2.05) is 28.8 Å². The molecule has 68 valence electrons. The van der Waals surface area contributed by atoms with E-state index in [2.05, 4.69) is 4.98 Å². The average molecular weight is 177 g/mol. The van der Waals surface area contributed by atoms with Gasteiger partial charge in [0, 0.05) is 12.7 Å². The number of pyridine rings is 1. The highest BCUT2D eigenvalue weighted by Gasteiger charge is 2.10. The van der Waals surface area contributed by atoms with Gasteiger partial charge in [-0.2, -0.15) is 0 Å². The quantitative estimate of drug-likeness (QED) is 0.694. The Morgan fingerprint density at radius 2 is 2.38 bits per heavy atom. The van der Waals surface area contributed by atoms with Crippen molar-refractivity contribution in [1.82, 2.24) is 9.38 Å². The molecule has 0 aliphatic heterocycles. The van der Waals surface area contributed by atoms with E-state index < -0.39 is 6.10 Å². The maximum atomic E-state index is 9.51. The molecule has 2 aromatic heterocycles. The second-order valence-corrected chi connectivity index (χ2v) is 2.86. The lowest BCUT2D eigenvalue weighted by Crippen LogP contribution is -2.14. The lowest BCUT2D eigenvalue weighted by atomic mass is 10.3. The molecule has 4 heteroatoms. The molecule has 0 aromatic carbocycles. The van der Waals surface area contributed by atoms with Crippen molar-refractivity contribution in [2.24, 2.45) is 5.73 Å². The summed E-state index contributed by atoms with van der Waals surface area (Å²) >= 11 is 0. The number of nitrogens with two attached hydrogens (primary N) is 1. The van der Waals surface area contributed by atoms with E-state index >= 15 is 0 Å². The highest BCUT2D eigenvalue weighted by Crippen LogP contribution is 2.12. The fourth-order valence-electron chi connectivity index (χ4n) is 1.32. The second kappa shape index (κ2) is 3.16. The van der Waals surface area contributed by atoms with E-state index in [1.165, 1.54) is 0 Å². The van der Waals surface area contributed by atoms with Crippen LogP contribution in [0.4, 0.5) is 0 Å². The Bertz CT molecular complexity index is 410. The molecule has 0 saturated heterocycles. The van der Waals surface area contributed by atoms with Gasteiger partial charge in [0.1, 0.15) is 11.9 Å². The van der Waals surface area contributed by atoms with Crippen molar-refractivity contribution in [3.8, 4) is 0 Å². The number of nitrogens with zero attached hydrogens (tertiary/aromatic N) is 2. The van der Waals surface area contributed by atoms with Gasteiger partial charge in [-0.15, -0.1) is 0 Å². The highest BCUT2D eigenvalue weighted by molar-refractivity contribution is 5.45. The van der Waals surface area contributed by atoms with Gasteiger partial charge in [-0.25, -0.2) is 4.98 Å². The summed E-state index contributed by atoms with van der Waals surface area (Å²) in [5.41, 5.74) is 6.31. The van der Waals surface area contributed by atoms with Crippen LogP contribution in [0.3, 0.4) is 0 Å². The summed E-state index contributed by atoms with van der Waals surface area (Å²) in [6, 6.07) is 5.75. The van der Waals surface area contributed by atoms with Crippen molar-refractivity contribution in [1.29, 1.82) is 0 Å². The van der Waals surface area contributed by atoms with Crippen molar-refractivity contribution in [2.45, 2.75) is 6.10 Å². The van der Waals surface area contributed by atoms with Crippen LogP contribution < -0.4 is 5.73 Å². The monoisotopic (exact) mass is 177 g/mol. The first kappa shape index (κ1) is 8.22. The normalized spacial score (nSPS) is 13.4. The zero-order valence-electron chi connectivity index (χ0n) is 7.09. The summed E-state index contributed by atoms with van der Waals surface area (Å²) in [6.07, 6.45) is 2.88. The molecule has 0 aliphatic rings. The third-order valence-corrected chi connectivity index (χ3v) is 1.99. The fourth-order valence-corrected chi connectivity index (χ4v) is 1.32. The molecule has 0 spiro atoms. The number of hydrogen-bond donors (Lipinski definition) is 2. The minimum Gasteiger partial charge on any atom is -0.384 e. The zero-order valence-corrected chi connectivity index (χ0v) is 7.09. The summed E-state index contributed by atoms with van der Waals surface area (Å²) in [6.45, 7) is 0.188. The number of aliphatic hydroxyl groups excluding tert-OH is 1. The lowest BCUT2D eigenvalue weighted by molar-refractivity contribution is 0.176. The SMILES string of the molecule is NCC(O)c1ncc2ccccn12. The Hall–Kier alpha value is -1.39. The Morgan fingerprint density at radius 1 is 1.54 bits per heavy atom. The van der Waals surface area contributed by atoms with E-state index in [0.29, 0.717) is 5.82 Å². The van der Waals surface area contributed by atoms with Crippen molar-refractivity contribution >= 4 is 5.52 Å². The summed E-state index contributed by atoms with van der Waals surface area (Å²) in [5.74, 6) is 0.595. The van der Waals surface area contributed by atoms with Gasteiger partial charge in [0.25, 0.3) is 0 Å². The smallest absolute Gasteiger partial charge is 0.143 e. The van der Waals surface area contributed by atoms with E-state index in [-0.39, 0.29) is 6.54 Å². The van der Waals surface area contributed by atoms with Crippen molar-refractivity contribution < 1.29 is 5.11 Å². The molecule has 0 aliphatic carbocycles. The third-order valence-electron chi connectivity index (χ3n) is 1.99.